The zero-order chi connectivity index (χ0) is 36.5. The zero-order valence-corrected chi connectivity index (χ0v) is 29.6. The number of ether oxygens (including phenoxy) is 1. The first-order valence-electron chi connectivity index (χ1n) is 16.9. The van der Waals surface area contributed by atoms with E-state index in [1.807, 2.05) is 71.7 Å². The number of fused-ring (bicyclic) bond motifs is 2. The molecule has 1 saturated heterocycles. The van der Waals surface area contributed by atoms with Gasteiger partial charge in [-0.15, -0.1) is 0 Å². The quantitative estimate of drug-likeness (QED) is 0.113. The molecular formula is C37H46N12O2. The minimum absolute atomic E-state index is 0.169. The van der Waals surface area contributed by atoms with E-state index in [4.69, 9.17) is 21.9 Å². The highest BCUT2D eigenvalue weighted by molar-refractivity contribution is 5.98. The molecule has 0 atom stereocenters. The molecular weight excluding hydrogens is 644 g/mol. The number of aromatic nitrogens is 8. The van der Waals surface area contributed by atoms with Crippen LogP contribution in [0.5, 0.6) is 0 Å². The lowest BCUT2D eigenvalue weighted by molar-refractivity contribution is -0.111. The number of rotatable bonds is 8. The molecule has 7 N–H and O–H groups in total. The molecule has 1 fully saturated rings. The number of anilines is 4. The van der Waals surface area contributed by atoms with Gasteiger partial charge in [-0.25, -0.2) is 29.3 Å². The molecule has 0 radical (unpaired) electrons. The van der Waals surface area contributed by atoms with Crippen LogP contribution in [0, 0.1) is 0 Å². The van der Waals surface area contributed by atoms with Crippen molar-refractivity contribution < 1.29 is 9.53 Å². The van der Waals surface area contributed by atoms with Gasteiger partial charge in [0.1, 0.15) is 24.3 Å². The van der Waals surface area contributed by atoms with E-state index in [2.05, 4.69) is 55.9 Å². The van der Waals surface area contributed by atoms with E-state index in [9.17, 15) is 4.79 Å². The third-order valence-corrected chi connectivity index (χ3v) is 8.12. The number of amides is 1. The summed E-state index contributed by atoms with van der Waals surface area (Å²) in [6.07, 6.45) is 8.00. The summed E-state index contributed by atoms with van der Waals surface area (Å²) in [7, 11) is 0. The molecule has 0 saturated carbocycles. The molecule has 14 heteroatoms. The first kappa shape index (κ1) is 36.4. The standard InChI is InChI=1S/C18H20N6O.C15H18N6.C4H8O/c1-4-15(25)22-13-7-5-12(6-8-13)9-14-16-17(19)20-10-21-18(16)24(23-14)11(2)3;1-9(2)21-15-13(14(17)18-8-19-15)12(20-21)7-10-3-5-11(16)6-4-10;1-2-4-5-3-1/h4-8,10-11H,1,9H2,2-3H3,(H,22,25)(H2,19,20,21);3-6,8-9H,7,16H2,1-2H3,(H2,17,18,19);1-4H2. The summed E-state index contributed by atoms with van der Waals surface area (Å²) in [6.45, 7) is 13.7. The minimum atomic E-state index is -0.237. The Hall–Kier alpha value is -5.89. The van der Waals surface area contributed by atoms with Gasteiger partial charge in [0, 0.05) is 49.5 Å². The second-order valence-corrected chi connectivity index (χ2v) is 12.7. The van der Waals surface area contributed by atoms with Crippen LogP contribution in [0.3, 0.4) is 0 Å². The number of hydrogen-bond donors (Lipinski definition) is 4. The van der Waals surface area contributed by atoms with Gasteiger partial charge >= 0.3 is 0 Å². The Kier molecular flexibility index (Phi) is 11.9. The van der Waals surface area contributed by atoms with Crippen LogP contribution in [-0.4, -0.2) is 58.6 Å². The molecule has 4 aromatic heterocycles. The normalized spacial score (nSPS) is 12.4. The first-order valence-corrected chi connectivity index (χ1v) is 16.9. The van der Waals surface area contributed by atoms with Gasteiger partial charge in [-0.2, -0.15) is 10.2 Å². The minimum Gasteiger partial charge on any atom is -0.399 e. The zero-order valence-electron chi connectivity index (χ0n) is 29.6. The molecule has 51 heavy (non-hydrogen) atoms. The number of nitrogens with zero attached hydrogens (tertiary/aromatic N) is 8. The Bertz CT molecular complexity index is 2070. The number of nitrogens with two attached hydrogens (primary N) is 3. The van der Waals surface area contributed by atoms with E-state index < -0.39 is 0 Å². The van der Waals surface area contributed by atoms with Gasteiger partial charge in [0.15, 0.2) is 11.3 Å². The number of carbonyl (C=O) groups excluding carboxylic acids is 1. The number of benzene rings is 2. The van der Waals surface area contributed by atoms with Crippen LogP contribution >= 0.6 is 0 Å². The molecule has 1 aliphatic rings. The van der Waals surface area contributed by atoms with Crippen LogP contribution in [0.25, 0.3) is 22.1 Å². The Morgan fingerprint density at radius 3 is 1.61 bits per heavy atom. The van der Waals surface area contributed by atoms with Crippen molar-refractivity contribution in [3.8, 4) is 0 Å². The highest BCUT2D eigenvalue weighted by Gasteiger charge is 2.18. The molecule has 7 rings (SSSR count). The fraction of sp³-hybridized carbons (Fsp3) is 0.324. The molecule has 5 heterocycles. The van der Waals surface area contributed by atoms with Crippen molar-refractivity contribution in [1.29, 1.82) is 0 Å². The van der Waals surface area contributed by atoms with Gasteiger partial charge in [-0.1, -0.05) is 30.8 Å². The summed E-state index contributed by atoms with van der Waals surface area (Å²) in [6, 6.07) is 15.7. The fourth-order valence-corrected chi connectivity index (χ4v) is 5.53. The van der Waals surface area contributed by atoms with Gasteiger partial charge in [0.05, 0.1) is 22.2 Å². The number of hydrogen-bond acceptors (Lipinski definition) is 11. The highest BCUT2D eigenvalue weighted by atomic mass is 16.5. The molecule has 2 aromatic carbocycles. The smallest absolute Gasteiger partial charge is 0.247 e. The topological polar surface area (TPSA) is 204 Å². The van der Waals surface area contributed by atoms with E-state index in [1.54, 1.807) is 0 Å². The van der Waals surface area contributed by atoms with Gasteiger partial charge in [0.25, 0.3) is 0 Å². The maximum atomic E-state index is 11.3. The van der Waals surface area contributed by atoms with Crippen molar-refractivity contribution in [2.24, 2.45) is 0 Å². The Labute approximate surface area is 297 Å². The maximum Gasteiger partial charge on any atom is 0.247 e. The van der Waals surface area contributed by atoms with Crippen molar-refractivity contribution in [1.82, 2.24) is 39.5 Å². The van der Waals surface area contributed by atoms with Gasteiger partial charge in [-0.3, -0.25) is 4.79 Å². The lowest BCUT2D eigenvalue weighted by atomic mass is 10.1. The molecule has 266 valence electrons. The summed E-state index contributed by atoms with van der Waals surface area (Å²) in [5, 5.41) is 13.7. The average Bonchev–Trinajstić information content (AvgIpc) is 3.89. The van der Waals surface area contributed by atoms with E-state index in [0.717, 1.165) is 63.5 Å². The van der Waals surface area contributed by atoms with Crippen molar-refractivity contribution in [2.45, 2.75) is 65.5 Å². The number of carbonyl (C=O) groups is 1. The molecule has 0 aliphatic carbocycles. The Balaban J connectivity index is 0.000000175. The van der Waals surface area contributed by atoms with E-state index in [1.165, 1.54) is 31.6 Å². The Morgan fingerprint density at radius 1 is 0.765 bits per heavy atom. The predicted octanol–water partition coefficient (Wildman–Crippen LogP) is 5.66. The first-order chi connectivity index (χ1) is 24.5. The van der Waals surface area contributed by atoms with Crippen LogP contribution < -0.4 is 22.5 Å². The maximum absolute atomic E-state index is 11.3. The summed E-state index contributed by atoms with van der Waals surface area (Å²) in [5.41, 5.74) is 24.7. The van der Waals surface area contributed by atoms with Gasteiger partial charge < -0.3 is 27.3 Å². The lowest BCUT2D eigenvalue weighted by Gasteiger charge is -2.05. The number of nitrogen functional groups attached to an aromatic ring is 3. The molecule has 0 unspecified atom stereocenters. The predicted molar refractivity (Wildman–Crippen MR) is 202 cm³/mol. The third-order valence-electron chi connectivity index (χ3n) is 8.12. The van der Waals surface area contributed by atoms with Crippen molar-refractivity contribution in [3.63, 3.8) is 0 Å². The molecule has 0 bridgehead atoms. The molecule has 6 aromatic rings. The van der Waals surface area contributed by atoms with E-state index in [0.29, 0.717) is 30.2 Å². The molecule has 14 nitrogen and oxygen atoms in total. The lowest BCUT2D eigenvalue weighted by Crippen LogP contribution is -2.07. The van der Waals surface area contributed by atoms with E-state index in [-0.39, 0.29) is 18.0 Å². The van der Waals surface area contributed by atoms with Crippen molar-refractivity contribution in [2.75, 3.05) is 35.7 Å². The molecule has 1 amide bonds. The SMILES string of the molecule is C1CCOC1.C=CC(=O)Nc1ccc(Cc2nn(C(C)C)c3ncnc(N)c23)cc1.CC(C)n1nc(Cc2ccc(N)cc2)c2c(N)ncnc21. The van der Waals surface area contributed by atoms with Crippen LogP contribution in [0.4, 0.5) is 23.0 Å². The summed E-state index contributed by atoms with van der Waals surface area (Å²) in [4.78, 5) is 28.2. The summed E-state index contributed by atoms with van der Waals surface area (Å²) < 4.78 is 8.70. The fourth-order valence-electron chi connectivity index (χ4n) is 5.53. The van der Waals surface area contributed by atoms with Crippen molar-refractivity contribution in [3.05, 3.63) is 96.4 Å². The second kappa shape index (κ2) is 16.7. The van der Waals surface area contributed by atoms with E-state index >= 15 is 0 Å². The third kappa shape index (κ3) is 9.02. The molecule has 0 spiro atoms. The monoisotopic (exact) mass is 690 g/mol. The van der Waals surface area contributed by atoms with Crippen molar-refractivity contribution >= 4 is 51.0 Å². The van der Waals surface area contributed by atoms with Crippen LogP contribution in [-0.2, 0) is 22.4 Å². The Morgan fingerprint density at radius 2 is 1.22 bits per heavy atom. The van der Waals surface area contributed by atoms with Crippen LogP contribution in [0.2, 0.25) is 0 Å². The van der Waals surface area contributed by atoms with Crippen LogP contribution in [0.1, 0.15) is 75.1 Å². The summed E-state index contributed by atoms with van der Waals surface area (Å²) in [5.74, 6) is 0.665. The van der Waals surface area contributed by atoms with Crippen LogP contribution in [0.15, 0.2) is 73.8 Å². The largest absolute Gasteiger partial charge is 0.399 e. The molecule has 1 aliphatic heterocycles. The van der Waals surface area contributed by atoms with Gasteiger partial charge in [-0.05, 0) is 82.0 Å². The summed E-state index contributed by atoms with van der Waals surface area (Å²) >= 11 is 0. The second-order valence-electron chi connectivity index (χ2n) is 12.7. The van der Waals surface area contributed by atoms with Gasteiger partial charge in [0.2, 0.25) is 5.91 Å². The highest BCUT2D eigenvalue weighted by Crippen LogP contribution is 2.27. The average molecular weight is 691 g/mol. The number of nitrogens with one attached hydrogen (secondary N) is 1.